The van der Waals surface area contributed by atoms with Gasteiger partial charge in [-0.3, -0.25) is 9.59 Å². The first-order valence-electron chi connectivity index (χ1n) is 8.52. The van der Waals surface area contributed by atoms with Crippen molar-refractivity contribution >= 4 is 17.5 Å². The van der Waals surface area contributed by atoms with Gasteiger partial charge in [-0.2, -0.15) is 10.4 Å². The minimum Gasteiger partial charge on any atom is -0.309 e. The largest absolute Gasteiger partial charge is 0.309 e. The molecular formula is C21H18N4O2. The number of aromatic nitrogens is 2. The molecule has 0 radical (unpaired) electrons. The standard InChI is InChI=1S/C21H18N4O2/c1-15-7-9-16(10-8-15)19(26)11-12-20(27)24-21-17(13-22)14-23-25(21)18-5-3-2-4-6-18/h2-10,14H,11-12H2,1H3,(H,24,27). The van der Waals surface area contributed by atoms with E-state index in [1.54, 1.807) is 12.1 Å². The minimum absolute atomic E-state index is 0.0253. The molecule has 6 nitrogen and oxygen atoms in total. The lowest BCUT2D eigenvalue weighted by Crippen LogP contribution is -2.17. The number of aryl methyl sites for hydroxylation is 1. The maximum absolute atomic E-state index is 12.3. The van der Waals surface area contributed by atoms with Crippen LogP contribution in [0, 0.1) is 18.3 Å². The number of nitrogens with one attached hydrogen (secondary N) is 1. The van der Waals surface area contributed by atoms with Crippen LogP contribution in [0.3, 0.4) is 0 Å². The number of nitrogens with zero attached hydrogens (tertiary/aromatic N) is 3. The Bertz CT molecular complexity index is 999. The third kappa shape index (κ3) is 4.28. The number of nitriles is 1. The van der Waals surface area contributed by atoms with Crippen LogP contribution in [-0.4, -0.2) is 21.5 Å². The molecule has 0 aliphatic carbocycles. The van der Waals surface area contributed by atoms with Crippen molar-refractivity contribution in [2.24, 2.45) is 0 Å². The van der Waals surface area contributed by atoms with E-state index < -0.39 is 0 Å². The lowest BCUT2D eigenvalue weighted by Gasteiger charge is -2.09. The first-order valence-corrected chi connectivity index (χ1v) is 8.52. The number of benzene rings is 2. The van der Waals surface area contributed by atoms with Gasteiger partial charge in [0.1, 0.15) is 11.6 Å². The van der Waals surface area contributed by atoms with Crippen LogP contribution in [0.25, 0.3) is 5.69 Å². The Balaban J connectivity index is 1.69. The minimum atomic E-state index is -0.343. The van der Waals surface area contributed by atoms with Crippen molar-refractivity contribution in [1.29, 1.82) is 5.26 Å². The molecule has 2 aromatic carbocycles. The fourth-order valence-electron chi connectivity index (χ4n) is 2.62. The number of hydrogen-bond acceptors (Lipinski definition) is 4. The van der Waals surface area contributed by atoms with Crippen molar-refractivity contribution in [2.45, 2.75) is 19.8 Å². The smallest absolute Gasteiger partial charge is 0.226 e. The van der Waals surface area contributed by atoms with Gasteiger partial charge in [0.05, 0.1) is 11.9 Å². The van der Waals surface area contributed by atoms with Gasteiger partial charge < -0.3 is 5.32 Å². The quantitative estimate of drug-likeness (QED) is 0.681. The number of carbonyl (C=O) groups excluding carboxylic acids is 2. The first kappa shape index (κ1) is 18.1. The molecule has 134 valence electrons. The second kappa shape index (κ2) is 8.11. The molecule has 0 spiro atoms. The molecule has 0 saturated carbocycles. The number of hydrogen-bond donors (Lipinski definition) is 1. The van der Waals surface area contributed by atoms with Gasteiger partial charge in [-0.15, -0.1) is 0 Å². The SMILES string of the molecule is Cc1ccc(C(=O)CCC(=O)Nc2c(C#N)cnn2-c2ccccc2)cc1. The summed E-state index contributed by atoms with van der Waals surface area (Å²) in [6.07, 6.45) is 1.52. The van der Waals surface area contributed by atoms with E-state index in [0.29, 0.717) is 11.4 Å². The third-order valence-corrected chi connectivity index (χ3v) is 4.10. The Hall–Kier alpha value is -3.72. The highest BCUT2D eigenvalue weighted by atomic mass is 16.2. The van der Waals surface area contributed by atoms with E-state index in [9.17, 15) is 14.9 Å². The average molecular weight is 358 g/mol. The Morgan fingerprint density at radius 1 is 1.07 bits per heavy atom. The van der Waals surface area contributed by atoms with Gasteiger partial charge in [-0.25, -0.2) is 4.68 Å². The van der Waals surface area contributed by atoms with Gasteiger partial charge in [-0.05, 0) is 19.1 Å². The van der Waals surface area contributed by atoms with Gasteiger partial charge in [-0.1, -0.05) is 48.0 Å². The predicted molar refractivity (Wildman–Crippen MR) is 102 cm³/mol. The van der Waals surface area contributed by atoms with Crippen LogP contribution in [0.4, 0.5) is 5.82 Å². The lowest BCUT2D eigenvalue weighted by molar-refractivity contribution is -0.116. The normalized spacial score (nSPS) is 10.2. The van der Waals surface area contributed by atoms with Gasteiger partial charge in [0.2, 0.25) is 5.91 Å². The topological polar surface area (TPSA) is 87.8 Å². The molecule has 0 atom stereocenters. The zero-order valence-electron chi connectivity index (χ0n) is 14.8. The van der Waals surface area contributed by atoms with Crippen molar-refractivity contribution in [1.82, 2.24) is 9.78 Å². The van der Waals surface area contributed by atoms with E-state index in [0.717, 1.165) is 11.3 Å². The van der Waals surface area contributed by atoms with Crippen LogP contribution < -0.4 is 5.32 Å². The monoisotopic (exact) mass is 358 g/mol. The Kier molecular flexibility index (Phi) is 5.43. The van der Waals surface area contributed by atoms with Gasteiger partial charge in [0.15, 0.2) is 11.6 Å². The molecule has 0 fully saturated rings. The van der Waals surface area contributed by atoms with Gasteiger partial charge in [0, 0.05) is 18.4 Å². The maximum Gasteiger partial charge on any atom is 0.226 e. The van der Waals surface area contributed by atoms with Crippen LogP contribution in [0.1, 0.15) is 34.3 Å². The van der Waals surface area contributed by atoms with Crippen molar-refractivity contribution in [3.63, 3.8) is 0 Å². The second-order valence-electron chi connectivity index (χ2n) is 6.10. The summed E-state index contributed by atoms with van der Waals surface area (Å²) in [7, 11) is 0. The lowest BCUT2D eigenvalue weighted by atomic mass is 10.1. The summed E-state index contributed by atoms with van der Waals surface area (Å²) >= 11 is 0. The van der Waals surface area contributed by atoms with E-state index in [2.05, 4.69) is 10.4 Å². The molecule has 0 aliphatic heterocycles. The molecule has 3 aromatic rings. The molecule has 6 heteroatoms. The number of amides is 1. The van der Waals surface area contributed by atoms with Crippen molar-refractivity contribution in [3.05, 3.63) is 77.5 Å². The summed E-state index contributed by atoms with van der Waals surface area (Å²) in [6, 6.07) is 18.5. The van der Waals surface area contributed by atoms with Crippen LogP contribution in [0.5, 0.6) is 0 Å². The summed E-state index contributed by atoms with van der Waals surface area (Å²) in [4.78, 5) is 24.6. The molecule has 3 rings (SSSR count). The van der Waals surface area contributed by atoms with Crippen molar-refractivity contribution in [3.8, 4) is 11.8 Å². The van der Waals surface area contributed by atoms with E-state index in [-0.39, 0.29) is 30.1 Å². The number of para-hydroxylation sites is 1. The van der Waals surface area contributed by atoms with Crippen LogP contribution in [-0.2, 0) is 4.79 Å². The summed E-state index contributed by atoms with van der Waals surface area (Å²) in [5.41, 5.74) is 2.64. The molecule has 1 heterocycles. The van der Waals surface area contributed by atoms with E-state index in [1.807, 2.05) is 55.5 Å². The summed E-state index contributed by atoms with van der Waals surface area (Å²) < 4.78 is 1.50. The molecule has 0 unspecified atom stereocenters. The summed E-state index contributed by atoms with van der Waals surface area (Å²) in [6.45, 7) is 1.95. The Labute approximate surface area is 157 Å². The molecule has 27 heavy (non-hydrogen) atoms. The average Bonchev–Trinajstić information content (AvgIpc) is 3.10. The number of ketones is 1. The van der Waals surface area contributed by atoms with Crippen LogP contribution >= 0.6 is 0 Å². The maximum atomic E-state index is 12.3. The number of Topliss-reactive ketones (excluding diaryl/α,β-unsaturated/α-hetero) is 1. The fraction of sp³-hybridized carbons (Fsp3) is 0.143. The molecule has 0 aliphatic rings. The van der Waals surface area contributed by atoms with Crippen molar-refractivity contribution < 1.29 is 9.59 Å². The third-order valence-electron chi connectivity index (χ3n) is 4.10. The highest BCUT2D eigenvalue weighted by Gasteiger charge is 2.16. The van der Waals surface area contributed by atoms with Crippen molar-refractivity contribution in [2.75, 3.05) is 5.32 Å². The van der Waals surface area contributed by atoms with Crippen LogP contribution in [0.2, 0.25) is 0 Å². The molecule has 1 amide bonds. The second-order valence-corrected chi connectivity index (χ2v) is 6.10. The zero-order valence-corrected chi connectivity index (χ0v) is 14.8. The molecule has 0 saturated heterocycles. The highest BCUT2D eigenvalue weighted by molar-refractivity contribution is 6.00. The van der Waals surface area contributed by atoms with Gasteiger partial charge >= 0.3 is 0 Å². The number of carbonyl (C=O) groups is 2. The summed E-state index contributed by atoms with van der Waals surface area (Å²) in [5.74, 6) is -0.136. The number of rotatable bonds is 6. The molecule has 1 N–H and O–H groups in total. The van der Waals surface area contributed by atoms with E-state index >= 15 is 0 Å². The Morgan fingerprint density at radius 3 is 2.44 bits per heavy atom. The predicted octanol–water partition coefficient (Wildman–Crippen LogP) is 3.65. The van der Waals surface area contributed by atoms with Gasteiger partial charge in [0.25, 0.3) is 0 Å². The van der Waals surface area contributed by atoms with E-state index in [1.165, 1.54) is 10.9 Å². The summed E-state index contributed by atoms with van der Waals surface area (Å²) in [5, 5.41) is 16.2. The molecule has 0 bridgehead atoms. The first-order chi connectivity index (χ1) is 13.1. The Morgan fingerprint density at radius 2 is 1.78 bits per heavy atom. The zero-order chi connectivity index (χ0) is 19.2. The highest BCUT2D eigenvalue weighted by Crippen LogP contribution is 2.20. The fourth-order valence-corrected chi connectivity index (χ4v) is 2.62. The van der Waals surface area contributed by atoms with E-state index in [4.69, 9.17) is 0 Å². The molecule has 1 aromatic heterocycles. The van der Waals surface area contributed by atoms with Crippen LogP contribution in [0.15, 0.2) is 60.8 Å². The number of anilines is 1. The molecular weight excluding hydrogens is 340 g/mol.